The number of benzene rings is 2. The van der Waals surface area contributed by atoms with Crippen LogP contribution in [0.1, 0.15) is 30.4 Å². The van der Waals surface area contributed by atoms with Gasteiger partial charge in [0, 0.05) is 22.0 Å². The number of nitrogens with one attached hydrogen (secondary N) is 1. The smallest absolute Gasteiger partial charge is 0.256 e. The molecule has 1 saturated carbocycles. The molecular weight excluding hydrogens is 333 g/mol. The van der Waals surface area contributed by atoms with Gasteiger partial charge in [0.15, 0.2) is 5.60 Å². The first-order chi connectivity index (χ1) is 10.9. The van der Waals surface area contributed by atoms with E-state index in [9.17, 15) is 9.90 Å². The maximum Gasteiger partial charge on any atom is 0.256 e. The zero-order valence-electron chi connectivity index (χ0n) is 12.6. The van der Waals surface area contributed by atoms with E-state index in [1.54, 1.807) is 24.3 Å². The number of halogens is 2. The summed E-state index contributed by atoms with van der Waals surface area (Å²) in [4.78, 5) is 12.4. The molecule has 0 aliphatic heterocycles. The molecule has 0 spiro atoms. The molecule has 1 amide bonds. The van der Waals surface area contributed by atoms with E-state index in [1.807, 2.05) is 24.3 Å². The van der Waals surface area contributed by atoms with Crippen LogP contribution in [0.2, 0.25) is 10.0 Å². The van der Waals surface area contributed by atoms with Crippen LogP contribution in [0, 0.1) is 0 Å². The van der Waals surface area contributed by atoms with Gasteiger partial charge in [0.05, 0.1) is 0 Å². The Hall–Kier alpha value is -1.55. The van der Waals surface area contributed by atoms with E-state index in [-0.39, 0.29) is 12.0 Å². The quantitative estimate of drug-likeness (QED) is 0.879. The summed E-state index contributed by atoms with van der Waals surface area (Å²) < 4.78 is 0. The van der Waals surface area contributed by atoms with Crippen molar-refractivity contribution >= 4 is 29.1 Å². The van der Waals surface area contributed by atoms with Crippen LogP contribution in [0.3, 0.4) is 0 Å². The van der Waals surface area contributed by atoms with Crippen LogP contribution < -0.4 is 5.32 Å². The van der Waals surface area contributed by atoms with E-state index >= 15 is 0 Å². The van der Waals surface area contributed by atoms with Gasteiger partial charge in [0.25, 0.3) is 5.91 Å². The summed E-state index contributed by atoms with van der Waals surface area (Å²) >= 11 is 12.0. The number of aliphatic hydroxyl groups is 1. The summed E-state index contributed by atoms with van der Waals surface area (Å²) in [6.07, 6.45) is 0.826. The minimum atomic E-state index is -1.60. The molecule has 2 aromatic carbocycles. The Bertz CT molecular complexity index is 728. The first-order valence-corrected chi connectivity index (χ1v) is 8.19. The lowest BCUT2D eigenvalue weighted by atomic mass is 9.95. The van der Waals surface area contributed by atoms with Gasteiger partial charge in [-0.15, -0.1) is 0 Å². The first kappa shape index (κ1) is 16.3. The van der Waals surface area contributed by atoms with E-state index in [0.29, 0.717) is 15.6 Å². The minimum absolute atomic E-state index is 0.00109. The van der Waals surface area contributed by atoms with Crippen LogP contribution in [0.5, 0.6) is 0 Å². The fourth-order valence-electron chi connectivity index (χ4n) is 2.69. The highest BCUT2D eigenvalue weighted by molar-refractivity contribution is 6.31. The number of carbonyl (C=O) groups excluding carboxylic acids is 1. The molecule has 1 aliphatic carbocycles. The maximum atomic E-state index is 12.4. The van der Waals surface area contributed by atoms with Crippen molar-refractivity contribution in [1.29, 1.82) is 0 Å². The summed E-state index contributed by atoms with van der Waals surface area (Å²) in [6, 6.07) is 14.2. The number of carbonyl (C=O) groups is 1. The molecule has 0 heterocycles. The maximum absolute atomic E-state index is 12.4. The van der Waals surface area contributed by atoms with E-state index in [0.717, 1.165) is 12.0 Å². The largest absolute Gasteiger partial charge is 0.376 e. The average molecular weight is 350 g/mol. The molecule has 0 bridgehead atoms. The molecule has 1 unspecified atom stereocenters. The van der Waals surface area contributed by atoms with Gasteiger partial charge in [-0.3, -0.25) is 4.79 Å². The van der Waals surface area contributed by atoms with Crippen molar-refractivity contribution < 1.29 is 9.90 Å². The molecule has 5 heteroatoms. The van der Waals surface area contributed by atoms with Gasteiger partial charge in [0.2, 0.25) is 0 Å². The van der Waals surface area contributed by atoms with Gasteiger partial charge in [-0.2, -0.15) is 0 Å². The van der Waals surface area contributed by atoms with Crippen molar-refractivity contribution in [2.45, 2.75) is 30.9 Å². The van der Waals surface area contributed by atoms with Crippen molar-refractivity contribution in [2.75, 3.05) is 0 Å². The second kappa shape index (κ2) is 6.16. The van der Waals surface area contributed by atoms with Crippen molar-refractivity contribution in [2.24, 2.45) is 0 Å². The molecule has 120 valence electrons. The van der Waals surface area contributed by atoms with Gasteiger partial charge >= 0.3 is 0 Å². The number of amides is 1. The third kappa shape index (κ3) is 3.37. The third-order valence-corrected chi connectivity index (χ3v) is 4.86. The van der Waals surface area contributed by atoms with Crippen molar-refractivity contribution in [1.82, 2.24) is 5.32 Å². The minimum Gasteiger partial charge on any atom is -0.376 e. The molecule has 0 radical (unpaired) electrons. The van der Waals surface area contributed by atoms with E-state index in [2.05, 4.69) is 5.32 Å². The van der Waals surface area contributed by atoms with Crippen LogP contribution in [-0.4, -0.2) is 17.1 Å². The monoisotopic (exact) mass is 349 g/mol. The van der Waals surface area contributed by atoms with E-state index in [1.165, 1.54) is 6.92 Å². The zero-order valence-corrected chi connectivity index (χ0v) is 14.1. The van der Waals surface area contributed by atoms with Crippen LogP contribution >= 0.6 is 23.2 Å². The Morgan fingerprint density at radius 1 is 1.17 bits per heavy atom. The Labute approximate surface area is 145 Å². The highest BCUT2D eigenvalue weighted by atomic mass is 35.5. The highest BCUT2D eigenvalue weighted by Crippen LogP contribution is 2.44. The second-order valence-corrected chi connectivity index (χ2v) is 6.87. The fraction of sp³-hybridized carbons (Fsp3) is 0.278. The van der Waals surface area contributed by atoms with Crippen LogP contribution in [0.15, 0.2) is 48.5 Å². The molecule has 23 heavy (non-hydrogen) atoms. The highest BCUT2D eigenvalue weighted by Gasteiger charge is 2.43. The van der Waals surface area contributed by atoms with Crippen molar-refractivity contribution in [3.63, 3.8) is 0 Å². The topological polar surface area (TPSA) is 49.3 Å². The molecule has 2 N–H and O–H groups in total. The number of hydrogen-bond acceptors (Lipinski definition) is 2. The lowest BCUT2D eigenvalue weighted by Gasteiger charge is -2.23. The molecule has 0 saturated heterocycles. The van der Waals surface area contributed by atoms with E-state index in [4.69, 9.17) is 23.2 Å². The molecule has 3 nitrogen and oxygen atoms in total. The molecule has 0 aromatic heterocycles. The Kier molecular flexibility index (Phi) is 4.37. The summed E-state index contributed by atoms with van der Waals surface area (Å²) in [5, 5.41) is 14.7. The number of rotatable bonds is 4. The zero-order chi connectivity index (χ0) is 16.6. The molecule has 3 atom stereocenters. The summed E-state index contributed by atoms with van der Waals surface area (Å²) in [5.41, 5.74) is -0.0574. The van der Waals surface area contributed by atoms with Crippen LogP contribution in [0.25, 0.3) is 0 Å². The lowest BCUT2D eigenvalue weighted by molar-refractivity contribution is -0.139. The molecule has 1 aliphatic rings. The van der Waals surface area contributed by atoms with Gasteiger partial charge in [0.1, 0.15) is 0 Å². The van der Waals surface area contributed by atoms with Gasteiger partial charge < -0.3 is 10.4 Å². The lowest BCUT2D eigenvalue weighted by Crippen LogP contribution is -2.43. The van der Waals surface area contributed by atoms with Gasteiger partial charge in [-0.05, 0) is 42.7 Å². The van der Waals surface area contributed by atoms with Crippen molar-refractivity contribution in [3.05, 3.63) is 69.7 Å². The predicted molar refractivity (Wildman–Crippen MR) is 91.8 cm³/mol. The summed E-state index contributed by atoms with van der Waals surface area (Å²) in [6.45, 7) is 1.48. The summed E-state index contributed by atoms with van der Waals surface area (Å²) in [7, 11) is 0. The van der Waals surface area contributed by atoms with Gasteiger partial charge in [-0.25, -0.2) is 0 Å². The standard InChI is InChI=1S/C18H17Cl2NO2/c1-18(23,11-6-8-12(19)9-7-11)17(22)21-16-10-14(16)13-4-2-3-5-15(13)20/h2-9,14,16,23H,10H2,1H3,(H,21,22)/t14-,16+,18?/m0/s1. The Balaban J connectivity index is 1.68. The molecule has 3 rings (SSSR count). The van der Waals surface area contributed by atoms with E-state index < -0.39 is 11.5 Å². The molecule has 2 aromatic rings. The third-order valence-electron chi connectivity index (χ3n) is 4.26. The fourth-order valence-corrected chi connectivity index (χ4v) is 3.09. The predicted octanol–water partition coefficient (Wildman–Crippen LogP) is 3.87. The Morgan fingerprint density at radius 2 is 1.83 bits per heavy atom. The second-order valence-electron chi connectivity index (χ2n) is 6.02. The molecule has 1 fully saturated rings. The average Bonchev–Trinajstić information content (AvgIpc) is 3.27. The van der Waals surface area contributed by atoms with Gasteiger partial charge in [-0.1, -0.05) is 53.5 Å². The number of hydrogen-bond donors (Lipinski definition) is 2. The first-order valence-electron chi connectivity index (χ1n) is 7.43. The van der Waals surface area contributed by atoms with Crippen LogP contribution in [0.4, 0.5) is 0 Å². The van der Waals surface area contributed by atoms with Crippen LogP contribution in [-0.2, 0) is 10.4 Å². The SMILES string of the molecule is CC(O)(C(=O)N[C@@H]1C[C@H]1c1ccccc1Cl)c1ccc(Cl)cc1. The summed E-state index contributed by atoms with van der Waals surface area (Å²) in [5.74, 6) is -0.215. The molecular formula is C18H17Cl2NO2. The normalized spacial score (nSPS) is 22.3. The van der Waals surface area contributed by atoms with Crippen molar-refractivity contribution in [3.8, 4) is 0 Å². The Morgan fingerprint density at radius 3 is 2.48 bits per heavy atom.